The summed E-state index contributed by atoms with van der Waals surface area (Å²) in [5.41, 5.74) is 1.53. The van der Waals surface area contributed by atoms with Crippen molar-refractivity contribution in [1.82, 2.24) is 28.6 Å². The summed E-state index contributed by atoms with van der Waals surface area (Å²) in [5.74, 6) is 0.302. The SMILES string of the molecule is CN1CCC([C@H]2C[C@@H](n3cc(-c4ccn(S(=O)(=O)c5ccccc5)n4)c4cnc(Cl)nc43)[C@H](O)[C@@H]2O)CC1. The van der Waals surface area contributed by atoms with Crippen LogP contribution >= 0.6 is 11.6 Å². The molecule has 4 heterocycles. The van der Waals surface area contributed by atoms with Gasteiger partial charge in [0, 0.05) is 29.5 Å². The van der Waals surface area contributed by atoms with Gasteiger partial charge in [0.15, 0.2) is 0 Å². The fourth-order valence-electron chi connectivity index (χ4n) is 6.00. The molecule has 6 rings (SSSR count). The van der Waals surface area contributed by atoms with Gasteiger partial charge >= 0.3 is 0 Å². The van der Waals surface area contributed by atoms with Gasteiger partial charge in [-0.1, -0.05) is 18.2 Å². The monoisotopic (exact) mass is 556 g/mol. The van der Waals surface area contributed by atoms with Crippen LogP contribution in [-0.4, -0.2) is 79.6 Å². The molecule has 3 aromatic heterocycles. The van der Waals surface area contributed by atoms with Crippen molar-refractivity contribution in [3.8, 4) is 11.3 Å². The molecule has 2 aliphatic rings. The first-order valence-corrected chi connectivity index (χ1v) is 14.5. The van der Waals surface area contributed by atoms with Crippen molar-refractivity contribution in [2.75, 3.05) is 20.1 Å². The maximum atomic E-state index is 13.1. The maximum absolute atomic E-state index is 13.1. The van der Waals surface area contributed by atoms with E-state index in [9.17, 15) is 18.6 Å². The number of piperidine rings is 1. The van der Waals surface area contributed by atoms with Gasteiger partial charge < -0.3 is 19.7 Å². The first kappa shape index (κ1) is 25.4. The van der Waals surface area contributed by atoms with E-state index in [1.54, 1.807) is 36.7 Å². The minimum absolute atomic E-state index is 0.0304. The molecule has 2 fully saturated rings. The number of nitrogens with zero attached hydrogens (tertiary/aromatic N) is 6. The Kier molecular flexibility index (Phi) is 6.51. The van der Waals surface area contributed by atoms with Crippen molar-refractivity contribution < 1.29 is 18.6 Å². The van der Waals surface area contributed by atoms with Crippen LogP contribution < -0.4 is 0 Å². The summed E-state index contributed by atoms with van der Waals surface area (Å²) in [6.07, 6.45) is 5.52. The Morgan fingerprint density at radius 1 is 1.05 bits per heavy atom. The van der Waals surface area contributed by atoms with Crippen LogP contribution in [0, 0.1) is 11.8 Å². The average Bonchev–Trinajstić information content (AvgIpc) is 3.62. The highest BCUT2D eigenvalue weighted by atomic mass is 35.5. The lowest BCUT2D eigenvalue weighted by atomic mass is 9.82. The summed E-state index contributed by atoms with van der Waals surface area (Å²) in [5, 5.41) is 27.3. The molecule has 4 aromatic rings. The van der Waals surface area contributed by atoms with Gasteiger partial charge in [-0.3, -0.25) is 0 Å². The molecule has 0 amide bonds. The number of hydrogen-bond donors (Lipinski definition) is 2. The van der Waals surface area contributed by atoms with Crippen LogP contribution in [0.1, 0.15) is 25.3 Å². The molecule has 1 aliphatic heterocycles. The molecule has 0 spiro atoms. The first-order chi connectivity index (χ1) is 18.2. The number of aromatic nitrogens is 5. The number of fused-ring (bicyclic) bond motifs is 1. The molecule has 0 bridgehead atoms. The van der Waals surface area contributed by atoms with E-state index < -0.39 is 28.3 Å². The number of halogens is 1. The van der Waals surface area contributed by atoms with Gasteiger partial charge in [0.2, 0.25) is 5.28 Å². The Labute approximate surface area is 225 Å². The Bertz CT molecular complexity index is 1570. The van der Waals surface area contributed by atoms with Crippen LogP contribution in [0.2, 0.25) is 5.28 Å². The fraction of sp³-hybridized carbons (Fsp3) is 0.423. The number of benzene rings is 1. The Balaban J connectivity index is 1.38. The zero-order valence-corrected chi connectivity index (χ0v) is 22.4. The molecule has 38 heavy (non-hydrogen) atoms. The summed E-state index contributed by atoms with van der Waals surface area (Å²) >= 11 is 6.16. The summed E-state index contributed by atoms with van der Waals surface area (Å²) in [7, 11) is -1.77. The van der Waals surface area contributed by atoms with Crippen molar-refractivity contribution >= 4 is 32.7 Å². The third-order valence-corrected chi connectivity index (χ3v) is 9.84. The Hall–Kier alpha value is -2.83. The highest BCUT2D eigenvalue weighted by molar-refractivity contribution is 7.89. The fourth-order valence-corrected chi connectivity index (χ4v) is 7.26. The second-order valence-electron chi connectivity index (χ2n) is 10.3. The van der Waals surface area contributed by atoms with Crippen molar-refractivity contribution in [2.45, 2.75) is 42.4 Å². The minimum Gasteiger partial charge on any atom is -0.390 e. The van der Waals surface area contributed by atoms with E-state index in [-0.39, 0.29) is 16.1 Å². The molecular formula is C26H29ClN6O4S. The van der Waals surface area contributed by atoms with Crippen molar-refractivity contribution in [2.24, 2.45) is 11.8 Å². The molecule has 2 N–H and O–H groups in total. The summed E-state index contributed by atoms with van der Waals surface area (Å²) in [6, 6.07) is 9.30. The molecule has 1 aromatic carbocycles. The third-order valence-electron chi connectivity index (χ3n) is 8.09. The van der Waals surface area contributed by atoms with Gasteiger partial charge in [0.05, 0.1) is 22.7 Å². The molecular weight excluding hydrogens is 528 g/mol. The zero-order valence-electron chi connectivity index (χ0n) is 20.8. The van der Waals surface area contributed by atoms with Crippen LogP contribution in [0.4, 0.5) is 0 Å². The smallest absolute Gasteiger partial charge is 0.282 e. The summed E-state index contributed by atoms with van der Waals surface area (Å²) < 4.78 is 28.9. The van der Waals surface area contributed by atoms with Gasteiger partial charge in [-0.05, 0) is 81.0 Å². The highest BCUT2D eigenvalue weighted by Crippen LogP contribution is 2.44. The molecule has 1 aliphatic carbocycles. The predicted molar refractivity (Wildman–Crippen MR) is 142 cm³/mol. The standard InChI is InChI=1S/C26H29ClN6O4S/c1-31-10-7-16(8-11-31)18-13-22(24(35)23(18)34)32-15-20(19-14-28-26(27)29-25(19)32)21-9-12-33(30-21)38(36,37)17-5-3-2-4-6-17/h2-6,9,12,14-16,18,22-24,34-35H,7-8,10-11,13H2,1H3/t18-,22-,23-,24+/m1/s1. The van der Waals surface area contributed by atoms with E-state index >= 15 is 0 Å². The molecule has 1 saturated heterocycles. The molecule has 10 nitrogen and oxygen atoms in total. The topological polar surface area (TPSA) is 126 Å². The number of aliphatic hydroxyl groups excluding tert-OH is 2. The molecule has 4 atom stereocenters. The van der Waals surface area contributed by atoms with E-state index in [0.29, 0.717) is 34.6 Å². The van der Waals surface area contributed by atoms with Crippen LogP contribution in [-0.2, 0) is 10.0 Å². The second-order valence-corrected chi connectivity index (χ2v) is 12.4. The van der Waals surface area contributed by atoms with E-state index in [0.717, 1.165) is 30.0 Å². The third kappa shape index (κ3) is 4.32. The van der Waals surface area contributed by atoms with E-state index in [2.05, 4.69) is 27.0 Å². The van der Waals surface area contributed by atoms with Gasteiger partial charge in [-0.25, -0.2) is 4.98 Å². The van der Waals surface area contributed by atoms with Gasteiger partial charge in [-0.2, -0.15) is 22.6 Å². The van der Waals surface area contributed by atoms with Crippen molar-refractivity contribution in [3.63, 3.8) is 0 Å². The Morgan fingerprint density at radius 2 is 1.79 bits per heavy atom. The minimum atomic E-state index is -3.86. The van der Waals surface area contributed by atoms with Crippen LogP contribution in [0.3, 0.4) is 0 Å². The van der Waals surface area contributed by atoms with Crippen LogP contribution in [0.25, 0.3) is 22.3 Å². The normalized spacial score (nSPS) is 25.4. The number of hydrogen-bond acceptors (Lipinski definition) is 8. The van der Waals surface area contributed by atoms with Crippen molar-refractivity contribution in [1.29, 1.82) is 0 Å². The van der Waals surface area contributed by atoms with Crippen LogP contribution in [0.15, 0.2) is 59.9 Å². The quantitative estimate of drug-likeness (QED) is 0.359. The molecule has 0 unspecified atom stereocenters. The predicted octanol–water partition coefficient (Wildman–Crippen LogP) is 2.81. The first-order valence-electron chi connectivity index (χ1n) is 12.7. The summed E-state index contributed by atoms with van der Waals surface area (Å²) in [6.45, 7) is 1.95. The van der Waals surface area contributed by atoms with Gasteiger partial charge in [0.1, 0.15) is 11.8 Å². The van der Waals surface area contributed by atoms with Crippen LogP contribution in [0.5, 0.6) is 0 Å². The van der Waals surface area contributed by atoms with Gasteiger partial charge in [0.25, 0.3) is 10.0 Å². The molecule has 0 radical (unpaired) electrons. The Morgan fingerprint density at radius 3 is 2.53 bits per heavy atom. The number of rotatable bonds is 5. The maximum Gasteiger partial charge on any atom is 0.282 e. The summed E-state index contributed by atoms with van der Waals surface area (Å²) in [4.78, 5) is 11.0. The number of likely N-dealkylation sites (tertiary alicyclic amines) is 1. The molecule has 1 saturated carbocycles. The largest absolute Gasteiger partial charge is 0.390 e. The number of aliphatic hydroxyl groups is 2. The molecule has 12 heteroatoms. The zero-order chi connectivity index (χ0) is 26.6. The lowest BCUT2D eigenvalue weighted by molar-refractivity contribution is -0.0112. The lowest BCUT2D eigenvalue weighted by Crippen LogP contribution is -2.37. The second kappa shape index (κ2) is 9.73. The van der Waals surface area contributed by atoms with Crippen molar-refractivity contribution in [3.05, 3.63) is 60.3 Å². The van der Waals surface area contributed by atoms with E-state index in [1.807, 2.05) is 4.57 Å². The van der Waals surface area contributed by atoms with Gasteiger partial charge in [-0.15, -0.1) is 0 Å². The lowest BCUT2D eigenvalue weighted by Gasteiger charge is -2.34. The highest BCUT2D eigenvalue weighted by Gasteiger charge is 2.46. The van der Waals surface area contributed by atoms with E-state index in [1.165, 1.54) is 18.3 Å². The average molecular weight is 557 g/mol. The van der Waals surface area contributed by atoms with E-state index in [4.69, 9.17) is 11.6 Å². The molecule has 200 valence electrons.